The van der Waals surface area contributed by atoms with E-state index in [0.29, 0.717) is 18.9 Å². The van der Waals surface area contributed by atoms with E-state index in [1.165, 1.54) is 18.2 Å². The molecule has 0 fully saturated rings. The van der Waals surface area contributed by atoms with Gasteiger partial charge in [-0.25, -0.2) is 16.8 Å². The molecule has 1 unspecified atom stereocenters. The summed E-state index contributed by atoms with van der Waals surface area (Å²) in [4.78, 5) is 2.08. The van der Waals surface area contributed by atoms with Gasteiger partial charge >= 0.3 is 0 Å². The SMILES string of the molecule is CN(C)CCOc1cccc2c1C(S(=O)(=O)c1ccccc1)CS2(=O)=O. The first-order valence-electron chi connectivity index (χ1n) is 8.15. The highest BCUT2D eigenvalue weighted by atomic mass is 32.2. The van der Waals surface area contributed by atoms with Crippen LogP contribution in [0, 0.1) is 0 Å². The van der Waals surface area contributed by atoms with E-state index in [0.717, 1.165) is 0 Å². The van der Waals surface area contributed by atoms with Crippen LogP contribution in [0.25, 0.3) is 0 Å². The Labute approximate surface area is 154 Å². The average Bonchev–Trinajstić information content (AvgIpc) is 2.88. The van der Waals surface area contributed by atoms with Crippen molar-refractivity contribution in [1.82, 2.24) is 4.90 Å². The van der Waals surface area contributed by atoms with Crippen LogP contribution in [0.15, 0.2) is 58.3 Å². The lowest BCUT2D eigenvalue weighted by Crippen LogP contribution is -2.20. The number of sulfone groups is 2. The van der Waals surface area contributed by atoms with E-state index < -0.39 is 30.7 Å². The van der Waals surface area contributed by atoms with Crippen LogP contribution in [0.5, 0.6) is 5.75 Å². The van der Waals surface area contributed by atoms with Crippen molar-refractivity contribution < 1.29 is 21.6 Å². The molecule has 0 saturated carbocycles. The summed E-state index contributed by atoms with van der Waals surface area (Å²) < 4.78 is 57.0. The highest BCUT2D eigenvalue weighted by Gasteiger charge is 2.45. The highest BCUT2D eigenvalue weighted by Crippen LogP contribution is 2.45. The van der Waals surface area contributed by atoms with E-state index >= 15 is 0 Å². The molecule has 26 heavy (non-hydrogen) atoms. The maximum atomic E-state index is 13.1. The van der Waals surface area contributed by atoms with E-state index in [1.807, 2.05) is 19.0 Å². The van der Waals surface area contributed by atoms with Crippen molar-refractivity contribution in [2.45, 2.75) is 15.0 Å². The Morgan fingerprint density at radius 3 is 2.42 bits per heavy atom. The molecule has 0 bridgehead atoms. The number of hydrogen-bond acceptors (Lipinski definition) is 6. The van der Waals surface area contributed by atoms with Crippen LogP contribution in [0.4, 0.5) is 0 Å². The average molecular weight is 396 g/mol. The van der Waals surface area contributed by atoms with Gasteiger partial charge in [-0.05, 0) is 38.4 Å². The second-order valence-electron chi connectivity index (χ2n) is 6.45. The number of nitrogens with zero attached hydrogens (tertiary/aromatic N) is 1. The van der Waals surface area contributed by atoms with Crippen LogP contribution < -0.4 is 4.74 Å². The largest absolute Gasteiger partial charge is 0.492 e. The molecule has 140 valence electrons. The van der Waals surface area contributed by atoms with Crippen molar-refractivity contribution in [2.75, 3.05) is 33.0 Å². The molecule has 6 nitrogen and oxygen atoms in total. The van der Waals surface area contributed by atoms with Crippen molar-refractivity contribution in [3.8, 4) is 5.75 Å². The molecule has 0 aromatic heterocycles. The van der Waals surface area contributed by atoms with Crippen LogP contribution in [0.3, 0.4) is 0 Å². The smallest absolute Gasteiger partial charge is 0.186 e. The predicted molar refractivity (Wildman–Crippen MR) is 98.9 cm³/mol. The van der Waals surface area contributed by atoms with Gasteiger partial charge in [-0.15, -0.1) is 0 Å². The molecule has 0 radical (unpaired) electrons. The third-order valence-electron chi connectivity index (χ3n) is 4.30. The first-order valence-corrected chi connectivity index (χ1v) is 11.4. The van der Waals surface area contributed by atoms with Gasteiger partial charge in [0.1, 0.15) is 17.6 Å². The second-order valence-corrected chi connectivity index (χ2v) is 10.6. The fraction of sp³-hybridized carbons (Fsp3) is 0.333. The summed E-state index contributed by atoms with van der Waals surface area (Å²) in [5.74, 6) is -0.150. The van der Waals surface area contributed by atoms with Crippen molar-refractivity contribution in [3.05, 3.63) is 54.1 Å². The number of likely N-dealkylation sites (N-methyl/N-ethyl adjacent to an activating group) is 1. The summed E-state index contributed by atoms with van der Waals surface area (Å²) in [6.07, 6.45) is 0. The standard InChI is InChI=1S/C18H21NO5S2/c1-19(2)11-12-24-15-9-6-10-16-18(15)17(13-25(16,20)21)26(22,23)14-7-4-3-5-8-14/h3-10,17H,11-13H2,1-2H3. The Hall–Kier alpha value is -1.90. The molecule has 0 saturated heterocycles. The minimum atomic E-state index is -3.86. The van der Waals surface area contributed by atoms with Gasteiger partial charge in [0.2, 0.25) is 0 Å². The lowest BCUT2D eigenvalue weighted by atomic mass is 10.1. The highest BCUT2D eigenvalue weighted by molar-refractivity contribution is 7.96. The summed E-state index contributed by atoms with van der Waals surface area (Å²) in [6, 6.07) is 12.6. The van der Waals surface area contributed by atoms with Gasteiger partial charge in [0, 0.05) is 12.1 Å². The van der Waals surface area contributed by atoms with Crippen LogP contribution in [-0.4, -0.2) is 54.7 Å². The van der Waals surface area contributed by atoms with Crippen molar-refractivity contribution >= 4 is 19.7 Å². The fourth-order valence-electron chi connectivity index (χ4n) is 2.97. The van der Waals surface area contributed by atoms with Gasteiger partial charge in [-0.1, -0.05) is 24.3 Å². The van der Waals surface area contributed by atoms with E-state index in [-0.39, 0.29) is 15.4 Å². The molecule has 0 spiro atoms. The monoisotopic (exact) mass is 395 g/mol. The molecule has 1 heterocycles. The summed E-state index contributed by atoms with van der Waals surface area (Å²) in [5, 5.41) is -1.17. The molecular weight excluding hydrogens is 374 g/mol. The Morgan fingerprint density at radius 2 is 1.77 bits per heavy atom. The Morgan fingerprint density at radius 1 is 1.08 bits per heavy atom. The zero-order valence-electron chi connectivity index (χ0n) is 14.6. The molecule has 0 aliphatic carbocycles. The van der Waals surface area contributed by atoms with Gasteiger partial charge in [0.05, 0.1) is 15.5 Å². The third-order valence-corrected chi connectivity index (χ3v) is 8.39. The van der Waals surface area contributed by atoms with Gasteiger partial charge in [-0.3, -0.25) is 0 Å². The number of ether oxygens (including phenoxy) is 1. The zero-order chi connectivity index (χ0) is 18.9. The molecule has 1 aliphatic heterocycles. The van der Waals surface area contributed by atoms with Crippen molar-refractivity contribution in [1.29, 1.82) is 0 Å². The molecule has 0 amide bonds. The third kappa shape index (κ3) is 3.49. The molecule has 0 N–H and O–H groups in total. The van der Waals surface area contributed by atoms with E-state index in [9.17, 15) is 16.8 Å². The number of fused-ring (bicyclic) bond motifs is 1. The summed E-state index contributed by atoms with van der Waals surface area (Å²) in [7, 11) is -3.75. The minimum absolute atomic E-state index is 0.0457. The van der Waals surface area contributed by atoms with Gasteiger partial charge in [0.15, 0.2) is 19.7 Å². The summed E-state index contributed by atoms with van der Waals surface area (Å²) in [5.41, 5.74) is 0.245. The Kier molecular flexibility index (Phi) is 5.09. The molecule has 2 aromatic rings. The number of rotatable bonds is 6. The first kappa shape index (κ1) is 18.9. The zero-order valence-corrected chi connectivity index (χ0v) is 16.3. The maximum absolute atomic E-state index is 13.1. The summed E-state index contributed by atoms with van der Waals surface area (Å²) in [6.45, 7) is 0.966. The lowest BCUT2D eigenvalue weighted by molar-refractivity contribution is 0.259. The van der Waals surface area contributed by atoms with Gasteiger partial charge in [0.25, 0.3) is 0 Å². The minimum Gasteiger partial charge on any atom is -0.492 e. The molecular formula is C18H21NO5S2. The van der Waals surface area contributed by atoms with E-state index in [1.54, 1.807) is 30.3 Å². The Balaban J connectivity index is 2.07. The van der Waals surface area contributed by atoms with E-state index in [4.69, 9.17) is 4.74 Å². The second kappa shape index (κ2) is 7.02. The first-order chi connectivity index (χ1) is 12.2. The van der Waals surface area contributed by atoms with Crippen molar-refractivity contribution in [2.24, 2.45) is 0 Å². The normalized spacial score (nSPS) is 18.7. The van der Waals surface area contributed by atoms with Gasteiger partial charge < -0.3 is 9.64 Å². The number of hydrogen-bond donors (Lipinski definition) is 0. The molecule has 3 rings (SSSR count). The molecule has 2 aromatic carbocycles. The maximum Gasteiger partial charge on any atom is 0.186 e. The lowest BCUT2D eigenvalue weighted by Gasteiger charge is -2.17. The van der Waals surface area contributed by atoms with Crippen LogP contribution in [0.1, 0.15) is 10.8 Å². The molecule has 8 heteroatoms. The van der Waals surface area contributed by atoms with Crippen LogP contribution in [-0.2, 0) is 19.7 Å². The van der Waals surface area contributed by atoms with Crippen molar-refractivity contribution in [3.63, 3.8) is 0 Å². The Bertz CT molecular complexity index is 999. The van der Waals surface area contributed by atoms with Crippen LogP contribution >= 0.6 is 0 Å². The predicted octanol–water partition coefficient (Wildman–Crippen LogP) is 1.93. The summed E-state index contributed by atoms with van der Waals surface area (Å²) >= 11 is 0. The quantitative estimate of drug-likeness (QED) is 0.743. The number of benzene rings is 2. The molecule has 1 aliphatic rings. The molecule has 1 atom stereocenters. The topological polar surface area (TPSA) is 80.8 Å². The fourth-order valence-corrected chi connectivity index (χ4v) is 7.32. The van der Waals surface area contributed by atoms with Crippen LogP contribution in [0.2, 0.25) is 0 Å². The van der Waals surface area contributed by atoms with E-state index in [2.05, 4.69) is 0 Å². The van der Waals surface area contributed by atoms with Gasteiger partial charge in [-0.2, -0.15) is 0 Å².